The Labute approximate surface area is 105 Å². The molecule has 1 N–H and O–H groups in total. The minimum atomic E-state index is -0.249. The number of carbonyl (C=O) groups excluding carboxylic acids is 1. The van der Waals surface area contributed by atoms with Crippen molar-refractivity contribution in [3.63, 3.8) is 0 Å². The summed E-state index contributed by atoms with van der Waals surface area (Å²) < 4.78 is 12.7. The summed E-state index contributed by atoms with van der Waals surface area (Å²) in [5.74, 6) is 0.873. The third kappa shape index (κ3) is 4.04. The molecule has 0 radical (unpaired) electrons. The first-order valence-corrected chi connectivity index (χ1v) is 6.81. The van der Waals surface area contributed by atoms with Crippen LogP contribution in [0.1, 0.15) is 19.8 Å². The second-order valence-corrected chi connectivity index (χ2v) is 5.48. The van der Waals surface area contributed by atoms with Gasteiger partial charge in [-0.05, 0) is 49.9 Å². The lowest BCUT2D eigenvalue weighted by Crippen LogP contribution is -2.35. The van der Waals surface area contributed by atoms with Crippen molar-refractivity contribution < 1.29 is 9.18 Å². The molecule has 2 rings (SSSR count). The van der Waals surface area contributed by atoms with Crippen LogP contribution in [0.3, 0.4) is 0 Å². The molecule has 0 spiro atoms. The van der Waals surface area contributed by atoms with Gasteiger partial charge in [-0.15, -0.1) is 11.8 Å². The molecule has 1 fully saturated rings. The summed E-state index contributed by atoms with van der Waals surface area (Å²) in [6.07, 6.45) is 2.46. The number of halogens is 1. The molecule has 0 aliphatic heterocycles. The van der Waals surface area contributed by atoms with E-state index in [4.69, 9.17) is 0 Å². The number of hydrogen-bond donors (Lipinski definition) is 1. The van der Waals surface area contributed by atoms with Gasteiger partial charge in [0.15, 0.2) is 0 Å². The van der Waals surface area contributed by atoms with Crippen LogP contribution in [-0.2, 0) is 4.79 Å². The van der Waals surface area contributed by atoms with E-state index in [-0.39, 0.29) is 17.8 Å². The summed E-state index contributed by atoms with van der Waals surface area (Å²) in [6, 6.07) is 6.49. The third-order valence-electron chi connectivity index (χ3n) is 2.90. The number of thioether (sulfide) groups is 1. The summed E-state index contributed by atoms with van der Waals surface area (Å²) in [5.41, 5.74) is 0. The van der Waals surface area contributed by atoms with Crippen LogP contribution in [0.4, 0.5) is 4.39 Å². The minimum Gasteiger partial charge on any atom is -0.353 e. The molecule has 1 amide bonds. The minimum absolute atomic E-state index is 0.0544. The molecular formula is C13H16FNOS. The second kappa shape index (κ2) is 5.54. The molecule has 1 aromatic rings. The SMILES string of the molecule is CC(NC(=O)CSc1ccc(F)cc1)C1CC1. The second-order valence-electron chi connectivity index (χ2n) is 4.44. The van der Waals surface area contributed by atoms with E-state index in [2.05, 4.69) is 12.2 Å². The number of rotatable bonds is 5. The van der Waals surface area contributed by atoms with Gasteiger partial charge in [0.2, 0.25) is 5.91 Å². The molecule has 1 atom stereocenters. The summed E-state index contributed by atoms with van der Waals surface area (Å²) in [5, 5.41) is 2.99. The lowest BCUT2D eigenvalue weighted by molar-refractivity contribution is -0.119. The van der Waals surface area contributed by atoms with Crippen molar-refractivity contribution in [3.05, 3.63) is 30.1 Å². The Morgan fingerprint density at radius 3 is 2.71 bits per heavy atom. The summed E-state index contributed by atoms with van der Waals surface area (Å²) in [7, 11) is 0. The van der Waals surface area contributed by atoms with Crippen LogP contribution in [0.25, 0.3) is 0 Å². The van der Waals surface area contributed by atoms with Gasteiger partial charge in [-0.2, -0.15) is 0 Å². The van der Waals surface area contributed by atoms with Crippen LogP contribution in [0.5, 0.6) is 0 Å². The van der Waals surface area contributed by atoms with Gasteiger partial charge in [0.05, 0.1) is 5.75 Å². The van der Waals surface area contributed by atoms with E-state index in [1.165, 1.54) is 36.7 Å². The number of nitrogens with one attached hydrogen (secondary N) is 1. The van der Waals surface area contributed by atoms with Crippen LogP contribution in [0.15, 0.2) is 29.2 Å². The number of amides is 1. The Hall–Kier alpha value is -1.03. The highest BCUT2D eigenvalue weighted by Gasteiger charge is 2.28. The summed E-state index contributed by atoms with van der Waals surface area (Å²) in [4.78, 5) is 12.5. The van der Waals surface area contributed by atoms with E-state index in [0.29, 0.717) is 11.7 Å². The van der Waals surface area contributed by atoms with Gasteiger partial charge >= 0.3 is 0 Å². The molecule has 1 aromatic carbocycles. The molecule has 0 heterocycles. The fourth-order valence-electron chi connectivity index (χ4n) is 1.69. The highest BCUT2D eigenvalue weighted by molar-refractivity contribution is 8.00. The maximum Gasteiger partial charge on any atom is 0.230 e. The van der Waals surface area contributed by atoms with Crippen LogP contribution in [0, 0.1) is 11.7 Å². The maximum atomic E-state index is 12.7. The third-order valence-corrected chi connectivity index (χ3v) is 3.91. The summed E-state index contributed by atoms with van der Waals surface area (Å²) >= 11 is 1.43. The van der Waals surface area contributed by atoms with Gasteiger partial charge in [-0.1, -0.05) is 0 Å². The van der Waals surface area contributed by atoms with Crippen molar-refractivity contribution in [2.75, 3.05) is 5.75 Å². The van der Waals surface area contributed by atoms with Gasteiger partial charge in [0.25, 0.3) is 0 Å². The van der Waals surface area contributed by atoms with Crippen molar-refractivity contribution in [1.82, 2.24) is 5.32 Å². The summed E-state index contributed by atoms with van der Waals surface area (Å²) in [6.45, 7) is 2.05. The molecule has 1 aliphatic carbocycles. The van der Waals surface area contributed by atoms with Crippen molar-refractivity contribution in [3.8, 4) is 0 Å². The monoisotopic (exact) mass is 253 g/mol. The molecule has 1 aliphatic rings. The van der Waals surface area contributed by atoms with E-state index in [1.54, 1.807) is 12.1 Å². The van der Waals surface area contributed by atoms with Crippen molar-refractivity contribution >= 4 is 17.7 Å². The van der Waals surface area contributed by atoms with Crippen LogP contribution >= 0.6 is 11.8 Å². The normalized spacial score (nSPS) is 16.6. The number of carbonyl (C=O) groups is 1. The van der Waals surface area contributed by atoms with Crippen LogP contribution in [-0.4, -0.2) is 17.7 Å². The first-order chi connectivity index (χ1) is 8.15. The quantitative estimate of drug-likeness (QED) is 0.818. The zero-order chi connectivity index (χ0) is 12.3. The Bertz CT molecular complexity index is 389. The number of hydrogen-bond acceptors (Lipinski definition) is 2. The smallest absolute Gasteiger partial charge is 0.230 e. The van der Waals surface area contributed by atoms with Gasteiger partial charge in [0.1, 0.15) is 5.82 Å². The largest absolute Gasteiger partial charge is 0.353 e. The van der Waals surface area contributed by atoms with E-state index in [0.717, 1.165) is 4.90 Å². The fraction of sp³-hybridized carbons (Fsp3) is 0.462. The molecule has 1 saturated carbocycles. The number of benzene rings is 1. The van der Waals surface area contributed by atoms with E-state index < -0.39 is 0 Å². The molecule has 2 nitrogen and oxygen atoms in total. The van der Waals surface area contributed by atoms with Gasteiger partial charge in [-0.25, -0.2) is 4.39 Å². The van der Waals surface area contributed by atoms with Gasteiger partial charge < -0.3 is 5.32 Å². The van der Waals surface area contributed by atoms with E-state index in [9.17, 15) is 9.18 Å². The molecule has 92 valence electrons. The first-order valence-electron chi connectivity index (χ1n) is 5.83. The zero-order valence-electron chi connectivity index (χ0n) is 9.78. The van der Waals surface area contributed by atoms with Gasteiger partial charge in [-0.3, -0.25) is 4.79 Å². The lowest BCUT2D eigenvalue weighted by Gasteiger charge is -2.12. The highest BCUT2D eigenvalue weighted by Crippen LogP contribution is 2.32. The predicted molar refractivity (Wildman–Crippen MR) is 67.5 cm³/mol. The zero-order valence-corrected chi connectivity index (χ0v) is 10.6. The average Bonchev–Trinajstić information content (AvgIpc) is 3.12. The first kappa shape index (κ1) is 12.4. The Kier molecular flexibility index (Phi) is 4.05. The lowest BCUT2D eigenvalue weighted by atomic mass is 10.2. The topological polar surface area (TPSA) is 29.1 Å². The highest BCUT2D eigenvalue weighted by atomic mass is 32.2. The van der Waals surface area contributed by atoms with Gasteiger partial charge in [0, 0.05) is 10.9 Å². The van der Waals surface area contributed by atoms with E-state index >= 15 is 0 Å². The molecule has 17 heavy (non-hydrogen) atoms. The Morgan fingerprint density at radius 2 is 2.12 bits per heavy atom. The van der Waals surface area contributed by atoms with E-state index in [1.807, 2.05) is 0 Å². The Morgan fingerprint density at radius 1 is 1.47 bits per heavy atom. The predicted octanol–water partition coefficient (Wildman–Crippen LogP) is 2.83. The van der Waals surface area contributed by atoms with Crippen molar-refractivity contribution in [2.24, 2.45) is 5.92 Å². The van der Waals surface area contributed by atoms with Crippen LogP contribution in [0.2, 0.25) is 0 Å². The Balaban J connectivity index is 1.73. The average molecular weight is 253 g/mol. The van der Waals surface area contributed by atoms with Crippen molar-refractivity contribution in [1.29, 1.82) is 0 Å². The molecular weight excluding hydrogens is 237 g/mol. The molecule has 4 heteroatoms. The molecule has 0 aromatic heterocycles. The maximum absolute atomic E-state index is 12.7. The van der Waals surface area contributed by atoms with Crippen molar-refractivity contribution in [2.45, 2.75) is 30.7 Å². The standard InChI is InChI=1S/C13H16FNOS/c1-9(10-2-3-10)15-13(16)8-17-12-6-4-11(14)5-7-12/h4-7,9-10H,2-3,8H2,1H3,(H,15,16). The van der Waals surface area contributed by atoms with Crippen LogP contribution < -0.4 is 5.32 Å². The molecule has 0 bridgehead atoms. The molecule has 1 unspecified atom stereocenters. The fourth-order valence-corrected chi connectivity index (χ4v) is 2.40. The molecule has 0 saturated heterocycles.